The number of rotatable bonds is 3. The summed E-state index contributed by atoms with van der Waals surface area (Å²) in [6.07, 6.45) is 10.5. The fourth-order valence-electron chi connectivity index (χ4n) is 6.96. The van der Waals surface area contributed by atoms with E-state index in [4.69, 9.17) is 9.47 Å². The van der Waals surface area contributed by atoms with E-state index in [1.165, 1.54) is 31.3 Å². The molecule has 1 aliphatic carbocycles. The fraction of sp³-hybridized carbons (Fsp3) is 0.625. The molecule has 4 fully saturated rings. The predicted molar refractivity (Wildman–Crippen MR) is 111 cm³/mol. The van der Waals surface area contributed by atoms with Gasteiger partial charge in [-0.2, -0.15) is 0 Å². The minimum atomic E-state index is -0.233. The molecular weight excluding hydrogens is 364 g/mol. The van der Waals surface area contributed by atoms with Crippen molar-refractivity contribution in [2.24, 2.45) is 5.92 Å². The van der Waals surface area contributed by atoms with Gasteiger partial charge in [0.1, 0.15) is 12.1 Å². The molecule has 0 unspecified atom stereocenters. The Balaban J connectivity index is 1.31. The number of carbonyl (C=O) groups excluding carboxylic acids is 1. The highest BCUT2D eigenvalue weighted by molar-refractivity contribution is 5.90. The number of hydrogen-bond donors (Lipinski definition) is 0. The van der Waals surface area contributed by atoms with Crippen LogP contribution in [0.4, 0.5) is 0 Å². The van der Waals surface area contributed by atoms with Crippen molar-refractivity contribution in [3.05, 3.63) is 29.3 Å². The van der Waals surface area contributed by atoms with Crippen LogP contribution in [0, 0.1) is 5.92 Å². The summed E-state index contributed by atoms with van der Waals surface area (Å²) in [7, 11) is 1.69. The van der Waals surface area contributed by atoms with Gasteiger partial charge in [0.05, 0.1) is 7.11 Å². The van der Waals surface area contributed by atoms with Crippen LogP contribution < -0.4 is 9.47 Å². The summed E-state index contributed by atoms with van der Waals surface area (Å²) in [5.74, 6) is 2.54. The zero-order valence-corrected chi connectivity index (χ0v) is 17.2. The van der Waals surface area contributed by atoms with Crippen molar-refractivity contribution < 1.29 is 14.3 Å². The van der Waals surface area contributed by atoms with E-state index in [1.54, 1.807) is 7.11 Å². The van der Waals surface area contributed by atoms with E-state index in [9.17, 15) is 4.79 Å². The van der Waals surface area contributed by atoms with Crippen molar-refractivity contribution in [3.8, 4) is 11.5 Å². The number of carbonyl (C=O) groups is 1. The van der Waals surface area contributed by atoms with Gasteiger partial charge in [-0.15, -0.1) is 0 Å². The monoisotopic (exact) mass is 394 g/mol. The first-order valence-corrected chi connectivity index (χ1v) is 11.3. The Kier molecular flexibility index (Phi) is 3.99. The summed E-state index contributed by atoms with van der Waals surface area (Å²) in [4.78, 5) is 18.5. The Morgan fingerprint density at radius 2 is 2.07 bits per heavy atom. The van der Waals surface area contributed by atoms with Gasteiger partial charge in [0.2, 0.25) is 5.91 Å². The number of nitrogens with zero attached hydrogens (tertiary/aromatic N) is 2. The normalized spacial score (nSPS) is 34.0. The first kappa shape index (κ1) is 17.8. The molecule has 1 spiro atoms. The maximum absolute atomic E-state index is 13.7. The van der Waals surface area contributed by atoms with Crippen LogP contribution >= 0.6 is 0 Å². The molecule has 5 aliphatic rings. The van der Waals surface area contributed by atoms with E-state index >= 15 is 0 Å². The Morgan fingerprint density at radius 1 is 1.21 bits per heavy atom. The highest BCUT2D eigenvalue weighted by Gasteiger charge is 2.66. The van der Waals surface area contributed by atoms with Crippen molar-refractivity contribution in [1.82, 2.24) is 9.80 Å². The molecule has 29 heavy (non-hydrogen) atoms. The van der Waals surface area contributed by atoms with Crippen LogP contribution in [0.5, 0.6) is 11.5 Å². The topological polar surface area (TPSA) is 42.0 Å². The Labute approximate surface area is 172 Å². The van der Waals surface area contributed by atoms with Crippen LogP contribution in [0.3, 0.4) is 0 Å². The molecule has 154 valence electrons. The van der Waals surface area contributed by atoms with E-state index in [2.05, 4.69) is 21.9 Å². The van der Waals surface area contributed by atoms with Crippen molar-refractivity contribution in [1.29, 1.82) is 0 Å². The average Bonchev–Trinajstić information content (AvgIpc) is 3.50. The molecule has 1 amide bonds. The van der Waals surface area contributed by atoms with Gasteiger partial charge in [0.15, 0.2) is 11.5 Å². The lowest BCUT2D eigenvalue weighted by atomic mass is 9.85. The summed E-state index contributed by atoms with van der Waals surface area (Å²) in [6, 6.07) is 6.89. The number of fused-ring (bicyclic) bond motifs is 1. The lowest BCUT2D eigenvalue weighted by Crippen LogP contribution is -2.53. The fourth-order valence-corrected chi connectivity index (χ4v) is 6.96. The van der Waals surface area contributed by atoms with Crippen LogP contribution in [0.2, 0.25) is 0 Å². The maximum atomic E-state index is 13.7. The number of ether oxygens (including phenoxy) is 2. The number of hydrogen-bond acceptors (Lipinski definition) is 4. The van der Waals surface area contributed by atoms with Gasteiger partial charge in [-0.05, 0) is 56.4 Å². The number of benzene rings is 1. The van der Waals surface area contributed by atoms with E-state index in [-0.39, 0.29) is 5.54 Å². The third kappa shape index (κ3) is 2.40. The summed E-state index contributed by atoms with van der Waals surface area (Å²) >= 11 is 0. The molecule has 1 aromatic rings. The van der Waals surface area contributed by atoms with Gasteiger partial charge >= 0.3 is 0 Å². The number of amides is 1. The average molecular weight is 395 g/mol. The number of para-hydroxylation sites is 1. The van der Waals surface area contributed by atoms with Crippen molar-refractivity contribution in [2.75, 3.05) is 26.8 Å². The molecule has 0 aromatic heterocycles. The Bertz CT molecular complexity index is 875. The van der Waals surface area contributed by atoms with Gasteiger partial charge in [0.25, 0.3) is 0 Å². The third-order valence-corrected chi connectivity index (χ3v) is 8.22. The largest absolute Gasteiger partial charge is 0.493 e. The molecule has 5 nitrogen and oxygen atoms in total. The van der Waals surface area contributed by atoms with Crippen LogP contribution in [0.25, 0.3) is 6.08 Å². The summed E-state index contributed by atoms with van der Waals surface area (Å²) in [5.41, 5.74) is 2.18. The zero-order valence-electron chi connectivity index (χ0n) is 17.2. The lowest BCUT2D eigenvalue weighted by Gasteiger charge is -2.36. The number of methoxy groups -OCH3 is 1. The van der Waals surface area contributed by atoms with E-state index in [0.29, 0.717) is 30.5 Å². The summed E-state index contributed by atoms with van der Waals surface area (Å²) < 4.78 is 11.6. The first-order valence-electron chi connectivity index (χ1n) is 11.3. The second kappa shape index (κ2) is 6.49. The molecule has 0 N–H and O–H groups in total. The van der Waals surface area contributed by atoms with Crippen LogP contribution in [-0.2, 0) is 4.79 Å². The minimum absolute atomic E-state index is 0.233. The van der Waals surface area contributed by atoms with Crippen molar-refractivity contribution >= 4 is 12.0 Å². The molecule has 4 aliphatic heterocycles. The first-order chi connectivity index (χ1) is 14.2. The quantitative estimate of drug-likeness (QED) is 0.787. The molecule has 5 heteroatoms. The Hall–Kier alpha value is -2.01. The zero-order chi connectivity index (χ0) is 19.6. The standard InChI is InChI=1S/C24H30N2O3/c1-28-21-9-4-6-16-12-17(15-29-22(16)21)20-13-18-14-25(19-7-2-3-8-19)23(27)24(18)10-5-11-26(20)24/h4,6,9,12,18-20H,2-3,5,7-8,10-11,13-15H2,1H3/t18-,20-,24-/m0/s1. The summed E-state index contributed by atoms with van der Waals surface area (Å²) in [6.45, 7) is 2.60. The lowest BCUT2D eigenvalue weighted by molar-refractivity contribution is -0.138. The minimum Gasteiger partial charge on any atom is -0.493 e. The van der Waals surface area contributed by atoms with Crippen LogP contribution in [0.1, 0.15) is 50.5 Å². The van der Waals surface area contributed by atoms with E-state index in [0.717, 1.165) is 49.4 Å². The molecule has 3 atom stereocenters. The smallest absolute Gasteiger partial charge is 0.243 e. The van der Waals surface area contributed by atoms with Crippen LogP contribution in [0.15, 0.2) is 23.8 Å². The van der Waals surface area contributed by atoms with Gasteiger partial charge in [-0.1, -0.05) is 25.0 Å². The third-order valence-electron chi connectivity index (χ3n) is 8.22. The molecule has 0 bridgehead atoms. The summed E-state index contributed by atoms with van der Waals surface area (Å²) in [5, 5.41) is 0. The van der Waals surface area contributed by atoms with E-state index < -0.39 is 0 Å². The molecule has 1 aromatic carbocycles. The maximum Gasteiger partial charge on any atom is 0.243 e. The van der Waals surface area contributed by atoms with Crippen molar-refractivity contribution in [3.63, 3.8) is 0 Å². The number of likely N-dealkylation sites (tertiary alicyclic amines) is 1. The second-order valence-electron chi connectivity index (χ2n) is 9.45. The van der Waals surface area contributed by atoms with Gasteiger partial charge < -0.3 is 14.4 Å². The molecule has 3 saturated heterocycles. The predicted octanol–water partition coefficient (Wildman–Crippen LogP) is 3.48. The van der Waals surface area contributed by atoms with Crippen LogP contribution in [-0.4, -0.2) is 60.1 Å². The highest BCUT2D eigenvalue weighted by Crippen LogP contribution is 2.54. The second-order valence-corrected chi connectivity index (χ2v) is 9.45. The van der Waals surface area contributed by atoms with Gasteiger partial charge in [-0.3, -0.25) is 9.69 Å². The SMILES string of the molecule is COc1cccc2c1OCC([C@@H]1C[C@H]3CN(C4CCCC4)C(=O)[C@]34CCCN14)=C2. The van der Waals surface area contributed by atoms with Crippen molar-refractivity contribution in [2.45, 2.75) is 62.6 Å². The molecular formula is C24H30N2O3. The molecule has 6 rings (SSSR count). The Morgan fingerprint density at radius 3 is 2.90 bits per heavy atom. The van der Waals surface area contributed by atoms with Gasteiger partial charge in [-0.25, -0.2) is 0 Å². The highest BCUT2D eigenvalue weighted by atomic mass is 16.5. The molecule has 1 saturated carbocycles. The van der Waals surface area contributed by atoms with Gasteiger partial charge in [0, 0.05) is 30.1 Å². The van der Waals surface area contributed by atoms with E-state index in [1.807, 2.05) is 12.1 Å². The molecule has 0 radical (unpaired) electrons. The molecule has 4 heterocycles.